The van der Waals surface area contributed by atoms with E-state index in [0.717, 1.165) is 23.7 Å². The van der Waals surface area contributed by atoms with Gasteiger partial charge in [-0.25, -0.2) is 0 Å². The van der Waals surface area contributed by atoms with Crippen molar-refractivity contribution in [1.82, 2.24) is 10.2 Å². The zero-order valence-corrected chi connectivity index (χ0v) is 11.0. The van der Waals surface area contributed by atoms with Crippen molar-refractivity contribution in [3.8, 4) is 0 Å². The van der Waals surface area contributed by atoms with Gasteiger partial charge in [0.25, 0.3) is 0 Å². The fourth-order valence-electron chi connectivity index (χ4n) is 1.53. The molecule has 0 aliphatic heterocycles. The van der Waals surface area contributed by atoms with E-state index in [1.807, 2.05) is 23.9 Å². The van der Waals surface area contributed by atoms with Gasteiger partial charge in [0.15, 0.2) is 5.82 Å². The molecule has 1 atom stereocenters. The van der Waals surface area contributed by atoms with Crippen LogP contribution in [-0.4, -0.2) is 35.3 Å². The summed E-state index contributed by atoms with van der Waals surface area (Å²) in [4.78, 5) is 2.18. The van der Waals surface area contributed by atoms with E-state index in [-0.39, 0.29) is 0 Å². The maximum atomic E-state index is 5.49. The van der Waals surface area contributed by atoms with Gasteiger partial charge in [0.05, 0.1) is 5.69 Å². The summed E-state index contributed by atoms with van der Waals surface area (Å²) >= 11 is 1.86. The molecule has 0 radical (unpaired) electrons. The molecule has 16 heavy (non-hydrogen) atoms. The Bertz CT molecular complexity index is 301. The molecule has 1 unspecified atom stereocenters. The molecule has 0 aliphatic carbocycles. The second-order valence-electron chi connectivity index (χ2n) is 3.72. The molecule has 0 saturated carbocycles. The number of rotatable bonds is 6. The highest BCUT2D eigenvalue weighted by Gasteiger charge is 2.13. The third-order valence-corrected chi connectivity index (χ3v) is 3.37. The zero-order valence-electron chi connectivity index (χ0n) is 10.2. The molecule has 0 aliphatic rings. The summed E-state index contributed by atoms with van der Waals surface area (Å²) in [5.74, 6) is 2.02. The van der Waals surface area contributed by atoms with E-state index in [0.29, 0.717) is 12.6 Å². The van der Waals surface area contributed by atoms with E-state index in [1.54, 1.807) is 0 Å². The van der Waals surface area contributed by atoms with Crippen LogP contribution in [-0.2, 0) is 6.54 Å². The number of nitrogens with zero attached hydrogens (tertiary/aromatic N) is 3. The predicted octanol–water partition coefficient (Wildman–Crippen LogP) is 1.51. The van der Waals surface area contributed by atoms with Crippen LogP contribution in [0.1, 0.15) is 19.0 Å². The molecule has 0 fully saturated rings. The number of hydrogen-bond donors (Lipinski definition) is 1. The largest absolute Gasteiger partial charge is 0.354 e. The summed E-state index contributed by atoms with van der Waals surface area (Å²) in [5, 5.41) is 8.26. The van der Waals surface area contributed by atoms with Gasteiger partial charge in [0, 0.05) is 25.4 Å². The summed E-state index contributed by atoms with van der Waals surface area (Å²) < 4.78 is 0. The molecular weight excluding hydrogens is 220 g/mol. The lowest BCUT2D eigenvalue weighted by atomic mass is 10.2. The van der Waals surface area contributed by atoms with Crippen molar-refractivity contribution in [2.24, 2.45) is 5.73 Å². The maximum absolute atomic E-state index is 5.49. The van der Waals surface area contributed by atoms with Crippen molar-refractivity contribution in [3.05, 3.63) is 17.8 Å². The van der Waals surface area contributed by atoms with Crippen molar-refractivity contribution in [2.75, 3.05) is 24.0 Å². The summed E-state index contributed by atoms with van der Waals surface area (Å²) in [6.45, 7) is 2.64. The molecule has 0 aromatic carbocycles. The first-order valence-corrected chi connectivity index (χ1v) is 6.86. The highest BCUT2D eigenvalue weighted by Crippen LogP contribution is 2.15. The molecule has 1 aromatic heterocycles. The minimum Gasteiger partial charge on any atom is -0.354 e. The summed E-state index contributed by atoms with van der Waals surface area (Å²) in [6.07, 6.45) is 3.23. The third kappa shape index (κ3) is 3.35. The van der Waals surface area contributed by atoms with Gasteiger partial charge in [-0.15, -0.1) is 5.10 Å². The quantitative estimate of drug-likeness (QED) is 0.817. The highest BCUT2D eigenvalue weighted by molar-refractivity contribution is 7.98. The van der Waals surface area contributed by atoms with Crippen molar-refractivity contribution in [1.29, 1.82) is 0 Å². The van der Waals surface area contributed by atoms with Crippen LogP contribution in [0.15, 0.2) is 12.1 Å². The Morgan fingerprint density at radius 1 is 1.44 bits per heavy atom. The van der Waals surface area contributed by atoms with Gasteiger partial charge >= 0.3 is 0 Å². The van der Waals surface area contributed by atoms with Crippen LogP contribution in [0.3, 0.4) is 0 Å². The van der Waals surface area contributed by atoms with E-state index in [4.69, 9.17) is 5.73 Å². The second-order valence-corrected chi connectivity index (χ2v) is 4.63. The molecule has 4 nitrogen and oxygen atoms in total. The molecule has 1 heterocycles. The van der Waals surface area contributed by atoms with E-state index in [1.165, 1.54) is 0 Å². The number of thioether (sulfide) groups is 1. The smallest absolute Gasteiger partial charge is 0.151 e. The lowest BCUT2D eigenvalue weighted by molar-refractivity contribution is 0.659. The van der Waals surface area contributed by atoms with Crippen LogP contribution in [0.2, 0.25) is 0 Å². The summed E-state index contributed by atoms with van der Waals surface area (Å²) in [7, 11) is 2.07. The monoisotopic (exact) mass is 240 g/mol. The molecular formula is C11H20N4S. The van der Waals surface area contributed by atoms with Crippen LogP contribution in [0.5, 0.6) is 0 Å². The number of anilines is 1. The Labute approximate surface area is 102 Å². The first kappa shape index (κ1) is 13.3. The second kappa shape index (κ2) is 6.70. The Balaban J connectivity index is 2.73. The molecule has 5 heteroatoms. The minimum absolute atomic E-state index is 0.443. The lowest BCUT2D eigenvalue weighted by Gasteiger charge is -2.27. The van der Waals surface area contributed by atoms with Crippen molar-refractivity contribution in [2.45, 2.75) is 25.9 Å². The van der Waals surface area contributed by atoms with Gasteiger partial charge in [0.2, 0.25) is 0 Å². The number of hydrogen-bond acceptors (Lipinski definition) is 5. The van der Waals surface area contributed by atoms with Gasteiger partial charge in [-0.1, -0.05) is 6.92 Å². The summed E-state index contributed by atoms with van der Waals surface area (Å²) in [6, 6.07) is 4.43. The molecule has 1 aromatic rings. The minimum atomic E-state index is 0.443. The zero-order chi connectivity index (χ0) is 12.0. The topological polar surface area (TPSA) is 55.0 Å². The van der Waals surface area contributed by atoms with Crippen LogP contribution < -0.4 is 10.6 Å². The van der Waals surface area contributed by atoms with E-state index < -0.39 is 0 Å². The Kier molecular flexibility index (Phi) is 5.55. The molecule has 2 N–H and O–H groups in total. The van der Waals surface area contributed by atoms with E-state index >= 15 is 0 Å². The summed E-state index contributed by atoms with van der Waals surface area (Å²) in [5.41, 5.74) is 6.32. The van der Waals surface area contributed by atoms with Crippen molar-refractivity contribution >= 4 is 17.6 Å². The first-order chi connectivity index (χ1) is 7.72. The van der Waals surface area contributed by atoms with Crippen LogP contribution in [0, 0.1) is 0 Å². The maximum Gasteiger partial charge on any atom is 0.151 e. The van der Waals surface area contributed by atoms with Crippen LogP contribution in [0.4, 0.5) is 5.82 Å². The molecule has 0 saturated heterocycles. The first-order valence-electron chi connectivity index (χ1n) is 5.47. The SMILES string of the molecule is CCC(CSC)N(C)c1ccc(CN)nn1. The Morgan fingerprint density at radius 2 is 2.19 bits per heavy atom. The average Bonchev–Trinajstić information content (AvgIpc) is 2.35. The Hall–Kier alpha value is -0.810. The predicted molar refractivity (Wildman–Crippen MR) is 70.8 cm³/mol. The van der Waals surface area contributed by atoms with Gasteiger partial charge in [-0.05, 0) is 24.8 Å². The number of aromatic nitrogens is 2. The average molecular weight is 240 g/mol. The molecule has 0 amide bonds. The third-order valence-electron chi connectivity index (χ3n) is 2.65. The normalized spacial score (nSPS) is 12.5. The van der Waals surface area contributed by atoms with Gasteiger partial charge in [-0.2, -0.15) is 16.9 Å². The van der Waals surface area contributed by atoms with Gasteiger partial charge < -0.3 is 10.6 Å². The van der Waals surface area contributed by atoms with E-state index in [2.05, 4.69) is 35.3 Å². The fourth-order valence-corrected chi connectivity index (χ4v) is 2.38. The van der Waals surface area contributed by atoms with Crippen LogP contribution in [0.25, 0.3) is 0 Å². The van der Waals surface area contributed by atoms with Gasteiger partial charge in [-0.3, -0.25) is 0 Å². The van der Waals surface area contributed by atoms with Crippen molar-refractivity contribution < 1.29 is 0 Å². The van der Waals surface area contributed by atoms with Gasteiger partial charge in [0.1, 0.15) is 0 Å². The molecule has 0 spiro atoms. The molecule has 90 valence electrons. The fraction of sp³-hybridized carbons (Fsp3) is 0.636. The standard InChI is InChI=1S/C11H20N4S/c1-4-10(8-16-3)15(2)11-6-5-9(7-12)13-14-11/h5-6,10H,4,7-8,12H2,1-3H3. The van der Waals surface area contributed by atoms with Crippen LogP contribution >= 0.6 is 11.8 Å². The molecule has 0 bridgehead atoms. The number of nitrogens with two attached hydrogens (primary N) is 1. The molecule has 1 rings (SSSR count). The Morgan fingerprint density at radius 3 is 2.62 bits per heavy atom. The van der Waals surface area contributed by atoms with E-state index in [9.17, 15) is 0 Å². The van der Waals surface area contributed by atoms with Crippen molar-refractivity contribution in [3.63, 3.8) is 0 Å². The highest BCUT2D eigenvalue weighted by atomic mass is 32.2. The lowest BCUT2D eigenvalue weighted by Crippen LogP contribution is -2.33.